The number of hydrogen-bond acceptors (Lipinski definition) is 4. The fourth-order valence-electron chi connectivity index (χ4n) is 5.02. The summed E-state index contributed by atoms with van der Waals surface area (Å²) in [5.74, 6) is -0.506. The van der Waals surface area contributed by atoms with Gasteiger partial charge in [0.1, 0.15) is 6.10 Å². The maximum Gasteiger partial charge on any atom is 0.337 e. The summed E-state index contributed by atoms with van der Waals surface area (Å²) >= 11 is 0. The molecule has 0 amide bonds. The zero-order chi connectivity index (χ0) is 20.8. The number of nitrogens with one attached hydrogen (secondary N) is 1. The van der Waals surface area contributed by atoms with Crippen molar-refractivity contribution in [1.29, 1.82) is 0 Å². The normalized spacial score (nSPS) is 24.4. The molecule has 4 heteroatoms. The maximum atomic E-state index is 13.3. The number of aryl methyl sites for hydroxylation is 1. The van der Waals surface area contributed by atoms with E-state index < -0.39 is 0 Å². The van der Waals surface area contributed by atoms with E-state index in [1.54, 1.807) is 0 Å². The molecule has 0 bridgehead atoms. The number of carbonyl (C=O) groups excluding carboxylic acids is 2. The van der Waals surface area contributed by atoms with Gasteiger partial charge in [-0.15, -0.1) is 0 Å². The molecule has 3 aliphatic rings. The largest absolute Gasteiger partial charge is 0.459 e. The van der Waals surface area contributed by atoms with Crippen molar-refractivity contribution in [2.24, 2.45) is 5.41 Å². The molecule has 4 rings (SSSR count). The molecule has 1 N–H and O–H groups in total. The van der Waals surface area contributed by atoms with Gasteiger partial charge < -0.3 is 10.1 Å². The van der Waals surface area contributed by atoms with Gasteiger partial charge in [-0.05, 0) is 56.9 Å². The summed E-state index contributed by atoms with van der Waals surface area (Å²) in [6, 6.07) is 8.17. The van der Waals surface area contributed by atoms with Crippen molar-refractivity contribution in [2.45, 2.75) is 78.2 Å². The Labute approximate surface area is 173 Å². The molecule has 1 saturated carbocycles. The molecule has 1 unspecified atom stereocenters. The number of ether oxygens (including phenoxy) is 1. The van der Waals surface area contributed by atoms with Gasteiger partial charge in [-0.25, -0.2) is 4.79 Å². The lowest BCUT2D eigenvalue weighted by Gasteiger charge is -2.39. The van der Waals surface area contributed by atoms with Crippen LogP contribution in [-0.4, -0.2) is 17.9 Å². The summed E-state index contributed by atoms with van der Waals surface area (Å²) < 4.78 is 5.88. The molecule has 0 radical (unpaired) electrons. The summed E-state index contributed by atoms with van der Waals surface area (Å²) in [6.07, 6.45) is 5.39. The number of ketones is 1. The summed E-state index contributed by atoms with van der Waals surface area (Å²) in [5.41, 5.74) is 5.17. The Morgan fingerprint density at radius 3 is 2.38 bits per heavy atom. The molecule has 0 saturated heterocycles. The number of dihydropyridines is 1. The Kier molecular flexibility index (Phi) is 5.14. The number of rotatable bonds is 3. The van der Waals surface area contributed by atoms with Gasteiger partial charge in [0, 0.05) is 29.3 Å². The van der Waals surface area contributed by atoms with Crippen LogP contribution in [0.25, 0.3) is 0 Å². The molecule has 2 aliphatic carbocycles. The third-order valence-corrected chi connectivity index (χ3v) is 6.45. The van der Waals surface area contributed by atoms with E-state index in [9.17, 15) is 9.59 Å². The summed E-state index contributed by atoms with van der Waals surface area (Å²) in [7, 11) is 0. The van der Waals surface area contributed by atoms with E-state index in [-0.39, 0.29) is 29.2 Å². The first-order chi connectivity index (χ1) is 13.7. The van der Waals surface area contributed by atoms with E-state index in [1.807, 2.05) is 38.1 Å². The van der Waals surface area contributed by atoms with Crippen molar-refractivity contribution >= 4 is 11.8 Å². The zero-order valence-corrected chi connectivity index (χ0v) is 17.9. The Morgan fingerprint density at radius 1 is 1.07 bits per heavy atom. The van der Waals surface area contributed by atoms with Crippen molar-refractivity contribution in [2.75, 3.05) is 0 Å². The lowest BCUT2D eigenvalue weighted by atomic mass is 9.68. The van der Waals surface area contributed by atoms with Crippen molar-refractivity contribution in [1.82, 2.24) is 5.32 Å². The number of hydrogen-bond donors (Lipinski definition) is 1. The molecule has 4 nitrogen and oxygen atoms in total. The third-order valence-electron chi connectivity index (χ3n) is 6.45. The van der Waals surface area contributed by atoms with Crippen molar-refractivity contribution < 1.29 is 14.3 Å². The lowest BCUT2D eigenvalue weighted by molar-refractivity contribution is -0.144. The van der Waals surface area contributed by atoms with Crippen molar-refractivity contribution in [3.05, 3.63) is 57.9 Å². The highest BCUT2D eigenvalue weighted by Gasteiger charge is 2.43. The Hall–Kier alpha value is -2.36. The number of carbonyl (C=O) groups is 2. The summed E-state index contributed by atoms with van der Waals surface area (Å²) in [4.78, 5) is 26.5. The van der Waals surface area contributed by atoms with Gasteiger partial charge in [-0.3, -0.25) is 4.79 Å². The van der Waals surface area contributed by atoms with Crippen LogP contribution in [0.15, 0.2) is 46.8 Å². The fraction of sp³-hybridized carbons (Fsp3) is 0.520. The smallest absolute Gasteiger partial charge is 0.337 e. The summed E-state index contributed by atoms with van der Waals surface area (Å²) in [6.45, 7) is 8.23. The second-order valence-electron chi connectivity index (χ2n) is 9.65. The SMILES string of the molecule is CC1=C(C(=O)OC2CCCC2)C(c2ccc(C)cc2)C2=C(CC(C)(C)CC2=O)N1. The van der Waals surface area contributed by atoms with Crippen LogP contribution in [0, 0.1) is 12.3 Å². The van der Waals surface area contributed by atoms with E-state index in [0.717, 1.165) is 60.2 Å². The van der Waals surface area contributed by atoms with E-state index >= 15 is 0 Å². The van der Waals surface area contributed by atoms with Crippen LogP contribution in [0.2, 0.25) is 0 Å². The molecule has 1 atom stereocenters. The van der Waals surface area contributed by atoms with E-state index in [4.69, 9.17) is 4.74 Å². The van der Waals surface area contributed by atoms with Crippen LogP contribution < -0.4 is 5.32 Å². The summed E-state index contributed by atoms with van der Waals surface area (Å²) in [5, 5.41) is 3.41. The Balaban J connectivity index is 1.78. The first-order valence-electron chi connectivity index (χ1n) is 10.8. The Bertz CT molecular complexity index is 899. The molecular weight excluding hydrogens is 362 g/mol. The lowest BCUT2D eigenvalue weighted by Crippen LogP contribution is -2.39. The second kappa shape index (κ2) is 7.47. The molecule has 0 spiro atoms. The molecule has 0 aromatic heterocycles. The van der Waals surface area contributed by atoms with E-state index in [1.165, 1.54) is 0 Å². The third kappa shape index (κ3) is 3.90. The van der Waals surface area contributed by atoms with Crippen LogP contribution in [0.5, 0.6) is 0 Å². The average Bonchev–Trinajstić information content (AvgIpc) is 3.13. The number of Topliss-reactive ketones (excluding diaryl/α,β-unsaturated/α-hetero) is 1. The Morgan fingerprint density at radius 2 is 1.72 bits per heavy atom. The van der Waals surface area contributed by atoms with Gasteiger partial charge in [0.15, 0.2) is 5.78 Å². The number of benzene rings is 1. The van der Waals surface area contributed by atoms with Gasteiger partial charge in [0.25, 0.3) is 0 Å². The van der Waals surface area contributed by atoms with Crippen LogP contribution in [0.1, 0.15) is 76.3 Å². The highest BCUT2D eigenvalue weighted by molar-refractivity contribution is 6.04. The number of esters is 1. The van der Waals surface area contributed by atoms with Crippen molar-refractivity contribution in [3.63, 3.8) is 0 Å². The standard InChI is InChI=1S/C25H31NO3/c1-15-9-11-17(12-10-15)22-21(24(28)29-18-7-5-6-8-18)16(2)26-19-13-25(3,4)14-20(27)23(19)22/h9-12,18,22,26H,5-8,13-14H2,1-4H3. The van der Waals surface area contributed by atoms with Crippen molar-refractivity contribution in [3.8, 4) is 0 Å². The molecule has 1 fully saturated rings. The van der Waals surface area contributed by atoms with Crippen LogP contribution in [0.4, 0.5) is 0 Å². The number of allylic oxidation sites excluding steroid dienone is 3. The second-order valence-corrected chi connectivity index (χ2v) is 9.65. The van der Waals surface area contributed by atoms with Crippen LogP contribution in [-0.2, 0) is 14.3 Å². The molecule has 1 aliphatic heterocycles. The fourth-order valence-corrected chi connectivity index (χ4v) is 5.02. The van der Waals surface area contributed by atoms with Gasteiger partial charge >= 0.3 is 5.97 Å². The predicted octanol–water partition coefficient (Wildman–Crippen LogP) is 5.08. The van der Waals surface area contributed by atoms with Gasteiger partial charge in [-0.2, -0.15) is 0 Å². The minimum atomic E-state index is -0.357. The topological polar surface area (TPSA) is 55.4 Å². The van der Waals surface area contributed by atoms with E-state index in [2.05, 4.69) is 19.2 Å². The van der Waals surface area contributed by atoms with Gasteiger partial charge in [0.2, 0.25) is 0 Å². The average molecular weight is 394 g/mol. The molecular formula is C25H31NO3. The zero-order valence-electron chi connectivity index (χ0n) is 17.9. The molecule has 1 aromatic carbocycles. The first kappa shape index (κ1) is 19.9. The minimum Gasteiger partial charge on any atom is -0.459 e. The molecule has 154 valence electrons. The predicted molar refractivity (Wildman–Crippen MR) is 113 cm³/mol. The first-order valence-corrected chi connectivity index (χ1v) is 10.8. The quantitative estimate of drug-likeness (QED) is 0.727. The van der Waals surface area contributed by atoms with E-state index in [0.29, 0.717) is 12.0 Å². The maximum absolute atomic E-state index is 13.3. The molecule has 1 aromatic rings. The highest BCUT2D eigenvalue weighted by Crippen LogP contribution is 2.47. The van der Waals surface area contributed by atoms with Crippen LogP contribution in [0.3, 0.4) is 0 Å². The minimum absolute atomic E-state index is 0.00200. The van der Waals surface area contributed by atoms with Gasteiger partial charge in [-0.1, -0.05) is 43.7 Å². The highest BCUT2D eigenvalue weighted by atomic mass is 16.5. The van der Waals surface area contributed by atoms with Gasteiger partial charge in [0.05, 0.1) is 5.57 Å². The molecule has 29 heavy (non-hydrogen) atoms. The molecule has 1 heterocycles. The van der Waals surface area contributed by atoms with Crippen LogP contribution >= 0.6 is 0 Å². The monoisotopic (exact) mass is 393 g/mol.